The van der Waals surface area contributed by atoms with E-state index in [9.17, 15) is 28.1 Å². The average molecular weight is 469 g/mol. The van der Waals surface area contributed by atoms with Gasteiger partial charge in [0.15, 0.2) is 6.61 Å². The van der Waals surface area contributed by atoms with Crippen molar-refractivity contribution in [3.63, 3.8) is 0 Å². The minimum atomic E-state index is -3.90. The Balaban J connectivity index is 1.61. The maximum atomic E-state index is 12.6. The summed E-state index contributed by atoms with van der Waals surface area (Å²) in [7, 11) is -3.90. The summed E-state index contributed by atoms with van der Waals surface area (Å²) in [5.74, 6) is -1.71. The van der Waals surface area contributed by atoms with Crippen LogP contribution in [0.2, 0.25) is 0 Å². The van der Waals surface area contributed by atoms with Gasteiger partial charge in [0.1, 0.15) is 5.69 Å². The van der Waals surface area contributed by atoms with Gasteiger partial charge in [0, 0.05) is 12.6 Å². The van der Waals surface area contributed by atoms with Crippen molar-refractivity contribution in [1.82, 2.24) is 4.72 Å². The fraction of sp³-hybridized carbons (Fsp3) is 0.0909. The number of nitro benzene ring substituents is 1. The summed E-state index contributed by atoms with van der Waals surface area (Å²) in [6.45, 7) is -0.641. The van der Waals surface area contributed by atoms with Gasteiger partial charge in [-0.2, -0.15) is 0 Å². The molecule has 2 N–H and O–H groups in total. The minimum Gasteiger partial charge on any atom is -0.452 e. The van der Waals surface area contributed by atoms with E-state index in [0.29, 0.717) is 0 Å². The molecule has 0 saturated carbocycles. The molecule has 3 aromatic rings. The number of hydrogen-bond acceptors (Lipinski definition) is 7. The van der Waals surface area contributed by atoms with Crippen LogP contribution in [0.15, 0.2) is 83.8 Å². The highest BCUT2D eigenvalue weighted by atomic mass is 32.2. The lowest BCUT2D eigenvalue weighted by Crippen LogP contribution is -2.24. The second-order valence-electron chi connectivity index (χ2n) is 6.74. The molecule has 3 aromatic carbocycles. The quantitative estimate of drug-likeness (QED) is 0.278. The summed E-state index contributed by atoms with van der Waals surface area (Å²) in [6.07, 6.45) is 0. The first-order valence-corrected chi connectivity index (χ1v) is 11.1. The van der Waals surface area contributed by atoms with Gasteiger partial charge in [0.25, 0.3) is 11.6 Å². The van der Waals surface area contributed by atoms with Crippen LogP contribution in [-0.4, -0.2) is 31.8 Å². The molecule has 10 nitrogen and oxygen atoms in total. The molecule has 0 bridgehead atoms. The zero-order chi connectivity index (χ0) is 23.8. The van der Waals surface area contributed by atoms with Crippen molar-refractivity contribution < 1.29 is 27.7 Å². The monoisotopic (exact) mass is 469 g/mol. The summed E-state index contributed by atoms with van der Waals surface area (Å²) in [6, 6.07) is 19.6. The van der Waals surface area contributed by atoms with Crippen LogP contribution in [0.5, 0.6) is 0 Å². The van der Waals surface area contributed by atoms with Crippen LogP contribution in [0.3, 0.4) is 0 Å². The molecule has 170 valence electrons. The molecule has 0 saturated heterocycles. The molecular weight excluding hydrogens is 450 g/mol. The summed E-state index contributed by atoms with van der Waals surface area (Å²) >= 11 is 0. The van der Waals surface area contributed by atoms with Gasteiger partial charge in [0.05, 0.1) is 15.4 Å². The van der Waals surface area contributed by atoms with Crippen LogP contribution in [0.25, 0.3) is 0 Å². The fourth-order valence-electron chi connectivity index (χ4n) is 2.79. The van der Waals surface area contributed by atoms with Crippen LogP contribution in [0.4, 0.5) is 11.4 Å². The number of esters is 1. The predicted octanol–water partition coefficient (Wildman–Crippen LogP) is 2.87. The lowest BCUT2D eigenvalue weighted by atomic mass is 10.2. The van der Waals surface area contributed by atoms with Crippen molar-refractivity contribution >= 4 is 33.3 Å². The van der Waals surface area contributed by atoms with E-state index in [1.807, 2.05) is 6.07 Å². The summed E-state index contributed by atoms with van der Waals surface area (Å²) in [5, 5.41) is 13.3. The van der Waals surface area contributed by atoms with Gasteiger partial charge in [-0.3, -0.25) is 14.9 Å². The van der Waals surface area contributed by atoms with Crippen molar-refractivity contribution in [3.05, 3.63) is 100 Å². The largest absolute Gasteiger partial charge is 0.452 e. The second-order valence-corrected chi connectivity index (χ2v) is 8.50. The van der Waals surface area contributed by atoms with Gasteiger partial charge in [-0.1, -0.05) is 48.5 Å². The van der Waals surface area contributed by atoms with Gasteiger partial charge in [-0.15, -0.1) is 0 Å². The standard InChI is InChI=1S/C22H19N3O7S/c26-21(24-19-11-4-5-12-20(19)25(28)29)15-32-22(27)17-9-6-10-18(13-17)33(30,31)23-14-16-7-2-1-3-8-16/h1-13,23H,14-15H2,(H,24,26). The molecule has 33 heavy (non-hydrogen) atoms. The molecule has 0 aromatic heterocycles. The SMILES string of the molecule is O=C(COC(=O)c1cccc(S(=O)(=O)NCc2ccccc2)c1)Nc1ccccc1[N+](=O)[O-]. The number of carbonyl (C=O) groups excluding carboxylic acids is 2. The highest BCUT2D eigenvalue weighted by Crippen LogP contribution is 2.23. The van der Waals surface area contributed by atoms with Crippen LogP contribution < -0.4 is 10.0 Å². The fourth-order valence-corrected chi connectivity index (χ4v) is 3.85. The molecule has 0 heterocycles. The Morgan fingerprint density at radius 1 is 0.939 bits per heavy atom. The Kier molecular flexibility index (Phi) is 7.49. The van der Waals surface area contributed by atoms with Crippen LogP contribution in [0, 0.1) is 10.1 Å². The predicted molar refractivity (Wildman–Crippen MR) is 119 cm³/mol. The highest BCUT2D eigenvalue weighted by molar-refractivity contribution is 7.89. The molecule has 0 atom stereocenters. The van der Waals surface area contributed by atoms with Crippen molar-refractivity contribution in [2.45, 2.75) is 11.4 Å². The first-order valence-electron chi connectivity index (χ1n) is 9.60. The van der Waals surface area contributed by atoms with Gasteiger partial charge >= 0.3 is 5.97 Å². The summed E-state index contributed by atoms with van der Waals surface area (Å²) in [4.78, 5) is 34.6. The van der Waals surface area contributed by atoms with E-state index in [2.05, 4.69) is 10.0 Å². The topological polar surface area (TPSA) is 145 Å². The van der Waals surface area contributed by atoms with E-state index in [0.717, 1.165) is 11.6 Å². The zero-order valence-electron chi connectivity index (χ0n) is 17.1. The summed E-state index contributed by atoms with van der Waals surface area (Å²) in [5.41, 5.74) is 0.344. The zero-order valence-corrected chi connectivity index (χ0v) is 17.9. The van der Waals surface area contributed by atoms with Gasteiger partial charge in [-0.05, 0) is 29.8 Å². The first kappa shape index (κ1) is 23.6. The van der Waals surface area contributed by atoms with Gasteiger partial charge < -0.3 is 10.1 Å². The molecule has 0 fully saturated rings. The molecule has 0 aliphatic rings. The normalized spacial score (nSPS) is 10.9. The Labute approximate surface area is 189 Å². The third-order valence-electron chi connectivity index (χ3n) is 4.40. The molecule has 3 rings (SSSR count). The number of nitrogens with one attached hydrogen (secondary N) is 2. The average Bonchev–Trinajstić information content (AvgIpc) is 2.82. The third kappa shape index (κ3) is 6.45. The molecule has 11 heteroatoms. The molecule has 0 radical (unpaired) electrons. The van der Waals surface area contributed by atoms with Gasteiger partial charge in [-0.25, -0.2) is 17.9 Å². The summed E-state index contributed by atoms with van der Waals surface area (Å²) < 4.78 is 32.5. The van der Waals surface area contributed by atoms with Crippen molar-refractivity contribution in [2.75, 3.05) is 11.9 Å². The van der Waals surface area contributed by atoms with Crippen molar-refractivity contribution in [1.29, 1.82) is 0 Å². The number of ether oxygens (including phenoxy) is 1. The number of amides is 1. The van der Waals surface area contributed by atoms with E-state index in [1.165, 1.54) is 42.5 Å². The molecule has 1 amide bonds. The van der Waals surface area contributed by atoms with E-state index < -0.39 is 33.4 Å². The van der Waals surface area contributed by atoms with Crippen LogP contribution in [-0.2, 0) is 26.1 Å². The van der Waals surface area contributed by atoms with E-state index in [1.54, 1.807) is 24.3 Å². The molecular formula is C22H19N3O7S. The molecule has 0 aliphatic carbocycles. The van der Waals surface area contributed by atoms with Crippen LogP contribution >= 0.6 is 0 Å². The number of nitro groups is 1. The Bertz CT molecular complexity index is 1280. The van der Waals surface area contributed by atoms with Crippen molar-refractivity contribution in [3.8, 4) is 0 Å². The second kappa shape index (κ2) is 10.5. The number of benzene rings is 3. The highest BCUT2D eigenvalue weighted by Gasteiger charge is 2.19. The number of para-hydroxylation sites is 2. The van der Waals surface area contributed by atoms with Crippen LogP contribution in [0.1, 0.15) is 15.9 Å². The number of rotatable bonds is 9. The van der Waals surface area contributed by atoms with E-state index >= 15 is 0 Å². The Hall–Kier alpha value is -4.09. The van der Waals surface area contributed by atoms with E-state index in [-0.39, 0.29) is 28.4 Å². The first-order chi connectivity index (χ1) is 15.8. The lowest BCUT2D eigenvalue weighted by Gasteiger charge is -2.09. The Morgan fingerprint density at radius 2 is 1.64 bits per heavy atom. The molecule has 0 aliphatic heterocycles. The number of sulfonamides is 1. The number of nitrogens with zero attached hydrogens (tertiary/aromatic N) is 1. The maximum absolute atomic E-state index is 12.6. The maximum Gasteiger partial charge on any atom is 0.338 e. The number of carbonyl (C=O) groups is 2. The smallest absolute Gasteiger partial charge is 0.338 e. The van der Waals surface area contributed by atoms with Gasteiger partial charge in [0.2, 0.25) is 10.0 Å². The number of anilines is 1. The molecule has 0 unspecified atom stereocenters. The van der Waals surface area contributed by atoms with Crippen molar-refractivity contribution in [2.24, 2.45) is 0 Å². The minimum absolute atomic E-state index is 0.0406. The number of hydrogen-bond donors (Lipinski definition) is 2. The molecule has 0 spiro atoms. The third-order valence-corrected chi connectivity index (χ3v) is 5.80. The lowest BCUT2D eigenvalue weighted by molar-refractivity contribution is -0.383. The Morgan fingerprint density at radius 3 is 2.36 bits per heavy atom. The van der Waals surface area contributed by atoms with E-state index in [4.69, 9.17) is 4.74 Å².